The molecule has 0 amide bonds. The van der Waals surface area contributed by atoms with E-state index in [1.165, 1.54) is 0 Å². The molecule has 94 valence electrons. The second-order valence-corrected chi connectivity index (χ2v) is 6.28. The molecule has 2 rings (SSSR count). The van der Waals surface area contributed by atoms with Crippen LogP contribution in [0, 0.1) is 5.41 Å². The Morgan fingerprint density at radius 3 is 2.71 bits per heavy atom. The van der Waals surface area contributed by atoms with Crippen LogP contribution in [0.5, 0.6) is 0 Å². The Hall–Kier alpha value is -0.910. The molecule has 0 spiro atoms. The van der Waals surface area contributed by atoms with E-state index < -0.39 is 12.2 Å². The van der Waals surface area contributed by atoms with Gasteiger partial charge in [0.2, 0.25) is 0 Å². The molecule has 0 saturated heterocycles. The van der Waals surface area contributed by atoms with Crippen molar-refractivity contribution in [1.29, 1.82) is 0 Å². The maximum atomic E-state index is 9.97. The number of hydrogen-bond donors (Lipinski definition) is 2. The van der Waals surface area contributed by atoms with Crippen LogP contribution in [0.2, 0.25) is 0 Å². The lowest BCUT2D eigenvalue weighted by atomic mass is 9.84. The summed E-state index contributed by atoms with van der Waals surface area (Å²) in [7, 11) is 0. The first-order valence-electron chi connectivity index (χ1n) is 5.65. The fourth-order valence-electron chi connectivity index (χ4n) is 1.78. The number of imidazole rings is 1. The molecule has 2 heterocycles. The quantitative estimate of drug-likeness (QED) is 0.876. The summed E-state index contributed by atoms with van der Waals surface area (Å²) in [6.07, 6.45) is 2.68. The summed E-state index contributed by atoms with van der Waals surface area (Å²) < 4.78 is 1.93. The van der Waals surface area contributed by atoms with Crippen molar-refractivity contribution < 1.29 is 10.2 Å². The molecule has 2 unspecified atom stereocenters. The van der Waals surface area contributed by atoms with Crippen molar-refractivity contribution in [3.63, 3.8) is 0 Å². The molecule has 0 bridgehead atoms. The first-order chi connectivity index (χ1) is 7.88. The molecule has 0 aliphatic rings. The first-order valence-corrected chi connectivity index (χ1v) is 6.53. The minimum Gasteiger partial charge on any atom is -0.390 e. The van der Waals surface area contributed by atoms with Crippen molar-refractivity contribution in [2.24, 2.45) is 5.41 Å². The van der Waals surface area contributed by atoms with Crippen LogP contribution >= 0.6 is 11.3 Å². The third-order valence-corrected chi connectivity index (χ3v) is 3.58. The predicted molar refractivity (Wildman–Crippen MR) is 68.2 cm³/mol. The van der Waals surface area contributed by atoms with E-state index in [4.69, 9.17) is 0 Å². The number of nitrogens with zero attached hydrogens (tertiary/aromatic N) is 2. The standard InChI is InChI=1S/C12H18N2O2S/c1-12(2,3)10(16)9(15)6-8-7-14-4-5-17-11(14)13-8/h4-5,7,9-10,15-16H,6H2,1-3H3. The summed E-state index contributed by atoms with van der Waals surface area (Å²) in [6.45, 7) is 5.73. The van der Waals surface area contributed by atoms with Crippen molar-refractivity contribution in [3.8, 4) is 0 Å². The highest BCUT2D eigenvalue weighted by Crippen LogP contribution is 2.23. The summed E-state index contributed by atoms with van der Waals surface area (Å²) in [4.78, 5) is 5.30. The van der Waals surface area contributed by atoms with Gasteiger partial charge < -0.3 is 10.2 Å². The lowest BCUT2D eigenvalue weighted by Crippen LogP contribution is -2.38. The number of aromatic nitrogens is 2. The summed E-state index contributed by atoms with van der Waals surface area (Å²) in [5.74, 6) is 0. The number of rotatable bonds is 3. The fraction of sp³-hybridized carbons (Fsp3) is 0.583. The smallest absolute Gasteiger partial charge is 0.193 e. The van der Waals surface area contributed by atoms with Gasteiger partial charge in [0, 0.05) is 24.2 Å². The number of thiazole rings is 1. The molecule has 0 aliphatic carbocycles. The van der Waals surface area contributed by atoms with Gasteiger partial charge in [0.25, 0.3) is 0 Å². The van der Waals surface area contributed by atoms with Gasteiger partial charge in [-0.15, -0.1) is 11.3 Å². The van der Waals surface area contributed by atoms with Crippen LogP contribution in [0.25, 0.3) is 4.96 Å². The van der Waals surface area contributed by atoms with Crippen LogP contribution in [-0.4, -0.2) is 31.8 Å². The van der Waals surface area contributed by atoms with E-state index in [1.54, 1.807) is 11.3 Å². The lowest BCUT2D eigenvalue weighted by molar-refractivity contribution is -0.0437. The van der Waals surface area contributed by atoms with E-state index in [0.717, 1.165) is 10.7 Å². The van der Waals surface area contributed by atoms with E-state index in [1.807, 2.05) is 42.9 Å². The van der Waals surface area contributed by atoms with Crippen molar-refractivity contribution >= 4 is 16.3 Å². The maximum Gasteiger partial charge on any atom is 0.193 e. The molecule has 0 aromatic carbocycles. The first kappa shape index (κ1) is 12.5. The molecule has 17 heavy (non-hydrogen) atoms. The summed E-state index contributed by atoms with van der Waals surface area (Å²) in [6, 6.07) is 0. The van der Waals surface area contributed by atoms with Crippen molar-refractivity contribution in [3.05, 3.63) is 23.5 Å². The van der Waals surface area contributed by atoms with Gasteiger partial charge in [0.1, 0.15) is 0 Å². The van der Waals surface area contributed by atoms with Crippen LogP contribution in [0.1, 0.15) is 26.5 Å². The minimum atomic E-state index is -0.778. The van der Waals surface area contributed by atoms with E-state index >= 15 is 0 Å². The molecule has 2 aromatic heterocycles. The van der Waals surface area contributed by atoms with Gasteiger partial charge in [-0.3, -0.25) is 4.40 Å². The molecular weight excluding hydrogens is 236 g/mol. The van der Waals surface area contributed by atoms with Crippen molar-refractivity contribution in [2.45, 2.75) is 39.4 Å². The summed E-state index contributed by atoms with van der Waals surface area (Å²) in [5.41, 5.74) is 0.490. The Morgan fingerprint density at radius 1 is 1.41 bits per heavy atom. The average Bonchev–Trinajstić information content (AvgIpc) is 2.74. The number of hydrogen-bond acceptors (Lipinski definition) is 4. The largest absolute Gasteiger partial charge is 0.390 e. The zero-order valence-corrected chi connectivity index (χ0v) is 11.1. The van der Waals surface area contributed by atoms with E-state index in [0.29, 0.717) is 6.42 Å². The van der Waals surface area contributed by atoms with Crippen LogP contribution in [0.4, 0.5) is 0 Å². The van der Waals surface area contributed by atoms with Gasteiger partial charge in [0.15, 0.2) is 4.96 Å². The highest BCUT2D eigenvalue weighted by Gasteiger charge is 2.29. The lowest BCUT2D eigenvalue weighted by Gasteiger charge is -2.29. The zero-order valence-electron chi connectivity index (χ0n) is 10.3. The van der Waals surface area contributed by atoms with Crippen LogP contribution < -0.4 is 0 Å². The molecule has 2 aromatic rings. The SMILES string of the molecule is CC(C)(C)C(O)C(O)Cc1cn2ccsc2n1. The number of aliphatic hydroxyl groups is 2. The topological polar surface area (TPSA) is 57.8 Å². The number of aliphatic hydroxyl groups excluding tert-OH is 2. The Labute approximate surface area is 105 Å². The van der Waals surface area contributed by atoms with Crippen molar-refractivity contribution in [1.82, 2.24) is 9.38 Å². The van der Waals surface area contributed by atoms with E-state index in [2.05, 4.69) is 4.98 Å². The van der Waals surface area contributed by atoms with Crippen molar-refractivity contribution in [2.75, 3.05) is 0 Å². The Kier molecular flexibility index (Phi) is 3.25. The third-order valence-electron chi connectivity index (χ3n) is 2.81. The van der Waals surface area contributed by atoms with Gasteiger partial charge in [-0.25, -0.2) is 4.98 Å². The van der Waals surface area contributed by atoms with Crippen LogP contribution in [0.3, 0.4) is 0 Å². The monoisotopic (exact) mass is 254 g/mol. The van der Waals surface area contributed by atoms with Crippen LogP contribution in [-0.2, 0) is 6.42 Å². The van der Waals surface area contributed by atoms with Crippen LogP contribution in [0.15, 0.2) is 17.8 Å². The molecule has 4 nitrogen and oxygen atoms in total. The van der Waals surface area contributed by atoms with Gasteiger partial charge in [-0.2, -0.15) is 0 Å². The fourth-order valence-corrected chi connectivity index (χ4v) is 2.50. The highest BCUT2D eigenvalue weighted by atomic mass is 32.1. The normalized spacial score (nSPS) is 16.3. The molecule has 2 atom stereocenters. The van der Waals surface area contributed by atoms with Gasteiger partial charge in [0.05, 0.1) is 17.9 Å². The second kappa shape index (κ2) is 4.40. The molecule has 0 fully saturated rings. The third kappa shape index (κ3) is 2.68. The van der Waals surface area contributed by atoms with E-state index in [-0.39, 0.29) is 5.41 Å². The van der Waals surface area contributed by atoms with Gasteiger partial charge in [-0.05, 0) is 5.41 Å². The Bertz CT molecular complexity index is 469. The molecule has 0 radical (unpaired) electrons. The second-order valence-electron chi connectivity index (χ2n) is 5.41. The predicted octanol–water partition coefficient (Wildman–Crippen LogP) is 1.71. The maximum absolute atomic E-state index is 9.97. The molecular formula is C12H18N2O2S. The van der Waals surface area contributed by atoms with Gasteiger partial charge in [-0.1, -0.05) is 20.8 Å². The molecule has 0 saturated carbocycles. The number of fused-ring (bicyclic) bond motifs is 1. The highest BCUT2D eigenvalue weighted by molar-refractivity contribution is 7.15. The molecule has 0 aliphatic heterocycles. The summed E-state index contributed by atoms with van der Waals surface area (Å²) >= 11 is 1.56. The average molecular weight is 254 g/mol. The Morgan fingerprint density at radius 2 is 2.12 bits per heavy atom. The van der Waals surface area contributed by atoms with E-state index in [9.17, 15) is 10.2 Å². The summed E-state index contributed by atoms with van der Waals surface area (Å²) in [5, 5.41) is 21.9. The van der Waals surface area contributed by atoms with Gasteiger partial charge >= 0.3 is 0 Å². The Balaban J connectivity index is 2.08. The molecule has 2 N–H and O–H groups in total. The zero-order chi connectivity index (χ0) is 12.6. The minimum absolute atomic E-state index is 0.323. The molecule has 5 heteroatoms.